The Labute approximate surface area is 119 Å². The predicted octanol–water partition coefficient (Wildman–Crippen LogP) is 1.86. The van der Waals surface area contributed by atoms with Crippen LogP contribution in [0.1, 0.15) is 29.2 Å². The van der Waals surface area contributed by atoms with Crippen molar-refractivity contribution >= 4 is 5.69 Å². The first-order chi connectivity index (χ1) is 9.78. The van der Waals surface area contributed by atoms with E-state index in [4.69, 9.17) is 0 Å². The molecule has 0 radical (unpaired) electrons. The zero-order valence-corrected chi connectivity index (χ0v) is 12.1. The second-order valence-corrected chi connectivity index (χ2v) is 5.30. The van der Waals surface area contributed by atoms with Crippen molar-refractivity contribution in [1.82, 2.24) is 20.1 Å². The molecule has 2 heterocycles. The van der Waals surface area contributed by atoms with Crippen LogP contribution >= 0.6 is 0 Å². The van der Waals surface area contributed by atoms with Gasteiger partial charge in [0, 0.05) is 32.2 Å². The molecule has 20 heavy (non-hydrogen) atoms. The molecule has 1 aliphatic rings. The Hall–Kier alpha value is -1.88. The Morgan fingerprint density at radius 3 is 3.00 bits per heavy atom. The van der Waals surface area contributed by atoms with Crippen molar-refractivity contribution in [2.24, 2.45) is 0 Å². The van der Waals surface area contributed by atoms with Gasteiger partial charge in [0.25, 0.3) is 0 Å². The fourth-order valence-electron chi connectivity index (χ4n) is 2.76. The summed E-state index contributed by atoms with van der Waals surface area (Å²) in [6.45, 7) is 4.78. The Morgan fingerprint density at radius 1 is 1.25 bits per heavy atom. The van der Waals surface area contributed by atoms with Crippen LogP contribution in [0.15, 0.2) is 18.2 Å². The average Bonchev–Trinajstić information content (AvgIpc) is 3.03. The fraction of sp³-hybridized carbons (Fsp3) is 0.467. The number of anilines is 1. The molecule has 0 spiro atoms. The van der Waals surface area contributed by atoms with E-state index in [-0.39, 0.29) is 0 Å². The Kier molecular flexibility index (Phi) is 3.69. The zero-order chi connectivity index (χ0) is 13.9. The molecule has 0 bridgehead atoms. The highest BCUT2D eigenvalue weighted by molar-refractivity contribution is 5.52. The second kappa shape index (κ2) is 5.63. The molecule has 5 nitrogen and oxygen atoms in total. The zero-order valence-electron chi connectivity index (χ0n) is 12.1. The van der Waals surface area contributed by atoms with E-state index in [0.29, 0.717) is 0 Å². The van der Waals surface area contributed by atoms with Crippen molar-refractivity contribution in [1.29, 1.82) is 0 Å². The summed E-state index contributed by atoms with van der Waals surface area (Å²) in [4.78, 5) is 0. The minimum absolute atomic E-state index is 0.768. The van der Waals surface area contributed by atoms with Gasteiger partial charge < -0.3 is 15.2 Å². The van der Waals surface area contributed by atoms with Crippen molar-refractivity contribution in [3.63, 3.8) is 0 Å². The van der Waals surface area contributed by atoms with Crippen molar-refractivity contribution in [2.45, 2.75) is 39.4 Å². The third-order valence-electron chi connectivity index (χ3n) is 3.81. The molecular formula is C15H21N5. The van der Waals surface area contributed by atoms with Crippen molar-refractivity contribution < 1.29 is 0 Å². The van der Waals surface area contributed by atoms with E-state index >= 15 is 0 Å². The van der Waals surface area contributed by atoms with Crippen LogP contribution in [0.3, 0.4) is 0 Å². The Bertz CT molecular complexity index is 602. The summed E-state index contributed by atoms with van der Waals surface area (Å²) in [5, 5.41) is 15.2. The van der Waals surface area contributed by atoms with E-state index in [2.05, 4.69) is 50.5 Å². The van der Waals surface area contributed by atoms with E-state index in [1.807, 2.05) is 7.05 Å². The maximum atomic E-state index is 4.26. The van der Waals surface area contributed by atoms with Gasteiger partial charge in [-0.05, 0) is 25.0 Å². The molecule has 3 rings (SSSR count). The number of fused-ring (bicyclic) bond motifs is 1. The molecule has 5 heteroatoms. The van der Waals surface area contributed by atoms with Crippen LogP contribution in [-0.2, 0) is 26.1 Å². The SMILES string of the molecule is CNc1ccc(C)cc1CNCc1nnc2n1CCC2. The smallest absolute Gasteiger partial charge is 0.147 e. The normalized spacial score (nSPS) is 13.5. The van der Waals surface area contributed by atoms with Gasteiger partial charge in [-0.15, -0.1) is 10.2 Å². The van der Waals surface area contributed by atoms with E-state index < -0.39 is 0 Å². The van der Waals surface area contributed by atoms with Crippen LogP contribution in [-0.4, -0.2) is 21.8 Å². The lowest BCUT2D eigenvalue weighted by Crippen LogP contribution is -2.17. The largest absolute Gasteiger partial charge is 0.388 e. The number of aryl methyl sites for hydroxylation is 2. The second-order valence-electron chi connectivity index (χ2n) is 5.30. The Morgan fingerprint density at radius 2 is 2.15 bits per heavy atom. The molecule has 0 amide bonds. The molecule has 0 unspecified atom stereocenters. The third kappa shape index (κ3) is 2.54. The van der Waals surface area contributed by atoms with Crippen LogP contribution in [0, 0.1) is 6.92 Å². The summed E-state index contributed by atoms with van der Waals surface area (Å²) in [6.07, 6.45) is 2.26. The fourth-order valence-corrected chi connectivity index (χ4v) is 2.76. The van der Waals surface area contributed by atoms with Crippen LogP contribution in [0.5, 0.6) is 0 Å². The number of rotatable bonds is 5. The number of nitrogens with zero attached hydrogens (tertiary/aromatic N) is 3. The molecule has 1 aromatic carbocycles. The van der Waals surface area contributed by atoms with Gasteiger partial charge in [-0.2, -0.15) is 0 Å². The maximum absolute atomic E-state index is 4.26. The molecule has 1 aromatic heterocycles. The molecule has 0 saturated heterocycles. The monoisotopic (exact) mass is 271 g/mol. The van der Waals surface area contributed by atoms with Crippen LogP contribution in [0.2, 0.25) is 0 Å². The van der Waals surface area contributed by atoms with E-state index in [9.17, 15) is 0 Å². The minimum Gasteiger partial charge on any atom is -0.388 e. The highest BCUT2D eigenvalue weighted by Crippen LogP contribution is 2.17. The summed E-state index contributed by atoms with van der Waals surface area (Å²) >= 11 is 0. The highest BCUT2D eigenvalue weighted by Gasteiger charge is 2.16. The Balaban J connectivity index is 1.64. The van der Waals surface area contributed by atoms with Crippen LogP contribution in [0.25, 0.3) is 0 Å². The van der Waals surface area contributed by atoms with Crippen molar-refractivity contribution in [3.8, 4) is 0 Å². The van der Waals surface area contributed by atoms with Gasteiger partial charge >= 0.3 is 0 Å². The van der Waals surface area contributed by atoms with Gasteiger partial charge in [-0.1, -0.05) is 17.7 Å². The lowest BCUT2D eigenvalue weighted by Gasteiger charge is -2.11. The molecule has 0 atom stereocenters. The van der Waals surface area contributed by atoms with Gasteiger partial charge in [-0.25, -0.2) is 0 Å². The van der Waals surface area contributed by atoms with Gasteiger partial charge in [0.2, 0.25) is 0 Å². The maximum Gasteiger partial charge on any atom is 0.147 e. The first kappa shape index (κ1) is 13.1. The molecule has 1 aliphatic heterocycles. The number of benzene rings is 1. The summed E-state index contributed by atoms with van der Waals surface area (Å²) < 4.78 is 2.24. The summed E-state index contributed by atoms with van der Waals surface area (Å²) in [5.41, 5.74) is 3.74. The van der Waals surface area contributed by atoms with Gasteiger partial charge in [0.05, 0.1) is 6.54 Å². The van der Waals surface area contributed by atoms with Crippen LogP contribution in [0.4, 0.5) is 5.69 Å². The topological polar surface area (TPSA) is 54.8 Å². The first-order valence-corrected chi connectivity index (χ1v) is 7.17. The standard InChI is InChI=1S/C15H21N5/c1-11-5-6-13(16-2)12(8-11)9-17-10-15-19-18-14-4-3-7-20(14)15/h5-6,8,16-17H,3-4,7,9-10H2,1-2H3. The summed E-state index contributed by atoms with van der Waals surface area (Å²) in [5.74, 6) is 2.18. The minimum atomic E-state index is 0.768. The van der Waals surface area contributed by atoms with Crippen molar-refractivity contribution in [2.75, 3.05) is 12.4 Å². The van der Waals surface area contributed by atoms with Crippen molar-refractivity contribution in [3.05, 3.63) is 41.0 Å². The van der Waals surface area contributed by atoms with Gasteiger partial charge in [-0.3, -0.25) is 0 Å². The number of hydrogen-bond donors (Lipinski definition) is 2. The first-order valence-electron chi connectivity index (χ1n) is 7.17. The third-order valence-corrected chi connectivity index (χ3v) is 3.81. The molecule has 106 valence electrons. The number of nitrogens with one attached hydrogen (secondary N) is 2. The molecule has 0 aliphatic carbocycles. The number of hydrogen-bond acceptors (Lipinski definition) is 4. The quantitative estimate of drug-likeness (QED) is 0.871. The van der Waals surface area contributed by atoms with E-state index in [1.165, 1.54) is 23.2 Å². The predicted molar refractivity (Wildman–Crippen MR) is 79.6 cm³/mol. The molecule has 0 saturated carbocycles. The summed E-state index contributed by atoms with van der Waals surface area (Å²) in [7, 11) is 1.96. The highest BCUT2D eigenvalue weighted by atomic mass is 15.3. The average molecular weight is 271 g/mol. The lowest BCUT2D eigenvalue weighted by atomic mass is 10.1. The van der Waals surface area contributed by atoms with Gasteiger partial charge in [0.1, 0.15) is 11.6 Å². The number of aromatic nitrogens is 3. The van der Waals surface area contributed by atoms with Crippen LogP contribution < -0.4 is 10.6 Å². The molecular weight excluding hydrogens is 250 g/mol. The van der Waals surface area contributed by atoms with Gasteiger partial charge in [0.15, 0.2) is 0 Å². The lowest BCUT2D eigenvalue weighted by molar-refractivity contribution is 0.610. The summed E-state index contributed by atoms with van der Waals surface area (Å²) in [6, 6.07) is 6.47. The van der Waals surface area contributed by atoms with E-state index in [1.54, 1.807) is 0 Å². The molecule has 0 fully saturated rings. The van der Waals surface area contributed by atoms with E-state index in [0.717, 1.165) is 37.7 Å². The molecule has 2 N–H and O–H groups in total. The molecule has 2 aromatic rings.